The van der Waals surface area contributed by atoms with E-state index in [9.17, 15) is 10.3 Å². The average molecular weight is 425 g/mol. The molecule has 2 aliphatic heterocycles. The topological polar surface area (TPSA) is 80.2 Å². The molecule has 2 heterocycles. The molecule has 0 spiro atoms. The summed E-state index contributed by atoms with van der Waals surface area (Å²) >= 11 is 0. The zero-order valence-corrected chi connectivity index (χ0v) is 18.2. The first-order valence-electron chi connectivity index (χ1n) is 10.5. The third kappa shape index (κ3) is 2.77. The van der Waals surface area contributed by atoms with Crippen LogP contribution in [0.15, 0.2) is 24.3 Å². The van der Waals surface area contributed by atoms with Crippen molar-refractivity contribution in [2.24, 2.45) is 0 Å². The summed E-state index contributed by atoms with van der Waals surface area (Å²) in [6.45, 7) is 0.854. The van der Waals surface area contributed by atoms with Gasteiger partial charge in [0.15, 0.2) is 23.0 Å². The van der Waals surface area contributed by atoms with Gasteiger partial charge in [-0.25, -0.2) is 0 Å². The van der Waals surface area contributed by atoms with Gasteiger partial charge in [-0.1, -0.05) is 0 Å². The van der Waals surface area contributed by atoms with E-state index in [0.717, 1.165) is 45.5 Å². The first-order chi connectivity index (χ1) is 15.0. The fraction of sp³-hybridized carbons (Fsp3) is 0.417. The van der Waals surface area contributed by atoms with Crippen molar-refractivity contribution in [3.63, 3.8) is 0 Å². The Kier molecular flexibility index (Phi) is 4.66. The number of hydrogen-bond acceptors (Lipinski definition) is 6. The van der Waals surface area contributed by atoms with E-state index < -0.39 is 6.10 Å². The van der Waals surface area contributed by atoms with Crippen molar-refractivity contribution in [1.29, 1.82) is 0 Å². The van der Waals surface area contributed by atoms with Gasteiger partial charge in [0.2, 0.25) is 0 Å². The molecule has 1 N–H and O–H groups in total. The number of aliphatic hydroxyl groups is 1. The third-order valence-electron chi connectivity index (χ3n) is 7.00. The van der Waals surface area contributed by atoms with E-state index in [1.54, 1.807) is 28.4 Å². The Morgan fingerprint density at radius 2 is 1.29 bits per heavy atom. The van der Waals surface area contributed by atoms with Gasteiger partial charge in [0.25, 0.3) is 0 Å². The lowest BCUT2D eigenvalue weighted by molar-refractivity contribution is -0.912. The molecule has 1 unspecified atom stereocenters. The first kappa shape index (κ1) is 20.2. The molecule has 2 aliphatic rings. The van der Waals surface area contributed by atoms with E-state index in [1.807, 2.05) is 24.3 Å². The average Bonchev–Trinajstić information content (AvgIpc) is 3.19. The van der Waals surface area contributed by atoms with Crippen LogP contribution in [0.2, 0.25) is 0 Å². The van der Waals surface area contributed by atoms with Crippen LogP contribution in [0.4, 0.5) is 0 Å². The van der Waals surface area contributed by atoms with E-state index >= 15 is 0 Å². The van der Waals surface area contributed by atoms with Crippen LogP contribution in [0.3, 0.4) is 0 Å². The lowest BCUT2D eigenvalue weighted by atomic mass is 9.83. The second kappa shape index (κ2) is 7.15. The fourth-order valence-electron chi connectivity index (χ4n) is 5.53. The number of methoxy groups -OCH3 is 4. The molecule has 5 rings (SSSR count). The number of benzene rings is 3. The Hall–Kier alpha value is -2.74. The highest BCUT2D eigenvalue weighted by Gasteiger charge is 2.46. The second-order valence-electron chi connectivity index (χ2n) is 8.39. The van der Waals surface area contributed by atoms with Gasteiger partial charge in [0.1, 0.15) is 18.7 Å². The summed E-state index contributed by atoms with van der Waals surface area (Å²) in [5.41, 5.74) is 1.68. The molecule has 164 valence electrons. The number of rotatable bonds is 4. The molecule has 31 heavy (non-hydrogen) atoms. The number of quaternary nitrogens is 1. The molecule has 3 aromatic carbocycles. The standard InChI is InChI=1S/C24H27NO6/c1-28-19-8-13-14-9-20(29-2)22(31-4)11-16(14)23-17(15(13)10-21(19)30-3)12-25(27)7-5-6-18(25)24(23)26/h8-11,18,24,26H,5-7,12H2,1-4H3/t18-,24+,25?/m0/s1. The molecule has 0 amide bonds. The lowest BCUT2D eigenvalue weighted by Gasteiger charge is -2.50. The number of nitrogens with zero attached hydrogens (tertiary/aromatic N) is 1. The Balaban J connectivity index is 1.95. The maximum absolute atomic E-state index is 13.6. The molecule has 3 aromatic rings. The zero-order valence-electron chi connectivity index (χ0n) is 18.2. The molecular formula is C24H27NO6. The first-order valence-corrected chi connectivity index (χ1v) is 10.5. The highest BCUT2D eigenvalue weighted by Crippen LogP contribution is 2.50. The number of aliphatic hydroxyl groups excluding tert-OH is 1. The van der Waals surface area contributed by atoms with Crippen molar-refractivity contribution in [2.75, 3.05) is 35.0 Å². The summed E-state index contributed by atoms with van der Waals surface area (Å²) in [4.78, 5) is 0. The molecule has 0 radical (unpaired) electrons. The lowest BCUT2D eigenvalue weighted by Crippen LogP contribution is -2.51. The van der Waals surface area contributed by atoms with Crippen LogP contribution in [-0.4, -0.2) is 50.8 Å². The molecule has 0 saturated carbocycles. The molecule has 0 aliphatic carbocycles. The minimum absolute atomic E-state index is 0.327. The molecule has 3 atom stereocenters. The summed E-state index contributed by atoms with van der Waals surface area (Å²) < 4.78 is 21.8. The highest BCUT2D eigenvalue weighted by atomic mass is 16.6. The molecular weight excluding hydrogens is 398 g/mol. The van der Waals surface area contributed by atoms with E-state index in [4.69, 9.17) is 18.9 Å². The van der Waals surface area contributed by atoms with E-state index in [0.29, 0.717) is 36.1 Å². The number of ether oxygens (including phenoxy) is 4. The molecule has 0 bridgehead atoms. The zero-order chi connectivity index (χ0) is 21.9. The van der Waals surface area contributed by atoms with E-state index in [1.165, 1.54) is 0 Å². The monoisotopic (exact) mass is 425 g/mol. The number of fused-ring (bicyclic) bond motifs is 7. The Morgan fingerprint density at radius 1 is 0.806 bits per heavy atom. The predicted octanol–water partition coefficient (Wildman–Crippen LogP) is 4.05. The van der Waals surface area contributed by atoms with Crippen molar-refractivity contribution < 1.29 is 28.7 Å². The largest absolute Gasteiger partial charge is 0.632 e. The van der Waals surface area contributed by atoms with Gasteiger partial charge >= 0.3 is 0 Å². The number of hydroxylamine groups is 3. The van der Waals surface area contributed by atoms with Crippen LogP contribution in [-0.2, 0) is 6.54 Å². The Morgan fingerprint density at radius 3 is 1.84 bits per heavy atom. The molecule has 1 fully saturated rings. The summed E-state index contributed by atoms with van der Waals surface area (Å²) in [6.07, 6.45) is 0.702. The van der Waals surface area contributed by atoms with E-state index in [2.05, 4.69) is 0 Å². The Bertz CT molecular complexity index is 1190. The predicted molar refractivity (Wildman–Crippen MR) is 118 cm³/mol. The Labute approximate surface area is 180 Å². The van der Waals surface area contributed by atoms with Crippen molar-refractivity contribution >= 4 is 21.5 Å². The van der Waals surface area contributed by atoms with Gasteiger partial charge in [0, 0.05) is 24.0 Å². The van der Waals surface area contributed by atoms with E-state index in [-0.39, 0.29) is 10.7 Å². The van der Waals surface area contributed by atoms with Crippen molar-refractivity contribution in [3.8, 4) is 23.0 Å². The van der Waals surface area contributed by atoms with Crippen LogP contribution < -0.4 is 18.9 Å². The second-order valence-corrected chi connectivity index (χ2v) is 8.39. The quantitative estimate of drug-likeness (QED) is 0.386. The van der Waals surface area contributed by atoms with Gasteiger partial charge in [-0.2, -0.15) is 0 Å². The van der Waals surface area contributed by atoms with Gasteiger partial charge in [-0.3, -0.25) is 0 Å². The number of hydrogen-bond donors (Lipinski definition) is 1. The van der Waals surface area contributed by atoms with Crippen LogP contribution in [0.5, 0.6) is 23.0 Å². The summed E-state index contributed by atoms with van der Waals surface area (Å²) in [7, 11) is 6.39. The van der Waals surface area contributed by atoms with Crippen molar-refractivity contribution in [2.45, 2.75) is 31.5 Å². The van der Waals surface area contributed by atoms with Gasteiger partial charge in [-0.15, -0.1) is 0 Å². The fourth-order valence-corrected chi connectivity index (χ4v) is 5.53. The minimum Gasteiger partial charge on any atom is -0.632 e. The summed E-state index contributed by atoms with van der Waals surface area (Å²) in [5.74, 6) is 2.38. The molecule has 7 nitrogen and oxygen atoms in total. The van der Waals surface area contributed by atoms with Crippen molar-refractivity contribution in [1.82, 2.24) is 0 Å². The normalized spacial score (nSPS) is 24.7. The molecule has 1 saturated heterocycles. The molecule has 7 heteroatoms. The molecule has 0 aromatic heterocycles. The minimum atomic E-state index is -0.846. The van der Waals surface area contributed by atoms with Gasteiger partial charge in [0.05, 0.1) is 35.0 Å². The van der Waals surface area contributed by atoms with Crippen LogP contribution >= 0.6 is 0 Å². The summed E-state index contributed by atoms with van der Waals surface area (Å²) in [6, 6.07) is 7.34. The van der Waals surface area contributed by atoms with Crippen LogP contribution in [0, 0.1) is 5.21 Å². The highest BCUT2D eigenvalue weighted by molar-refractivity contribution is 6.13. The smallest absolute Gasteiger partial charge is 0.161 e. The van der Waals surface area contributed by atoms with Crippen molar-refractivity contribution in [3.05, 3.63) is 40.6 Å². The van der Waals surface area contributed by atoms with Gasteiger partial charge in [-0.05, 0) is 45.8 Å². The summed E-state index contributed by atoms with van der Waals surface area (Å²) in [5, 5.41) is 28.6. The van der Waals surface area contributed by atoms with Crippen LogP contribution in [0.1, 0.15) is 30.1 Å². The van der Waals surface area contributed by atoms with Gasteiger partial charge < -0.3 is 33.9 Å². The van der Waals surface area contributed by atoms with Crippen LogP contribution in [0.25, 0.3) is 21.5 Å². The maximum atomic E-state index is 13.6. The SMILES string of the molecule is COc1cc2c3c(c4cc(OC)c(OC)cc4c2cc1OC)[C@H](O)[C@@H]1CCC[N+]1([O-])C3. The maximum Gasteiger partial charge on any atom is 0.161 e. The third-order valence-corrected chi connectivity index (χ3v) is 7.00.